The van der Waals surface area contributed by atoms with Crippen LogP contribution in [0.5, 0.6) is 0 Å². The van der Waals surface area contributed by atoms with E-state index in [1.807, 2.05) is 0 Å². The summed E-state index contributed by atoms with van der Waals surface area (Å²) in [5, 5.41) is 10.5. The number of piperidine rings is 1. The van der Waals surface area contributed by atoms with Crippen molar-refractivity contribution in [2.45, 2.75) is 45.2 Å². The van der Waals surface area contributed by atoms with Crippen molar-refractivity contribution in [3.8, 4) is 0 Å². The third-order valence-electron chi connectivity index (χ3n) is 2.64. The Morgan fingerprint density at radius 3 is 2.50 bits per heavy atom. The second kappa shape index (κ2) is 5.00. The zero-order chi connectivity index (χ0) is 10.6. The first-order chi connectivity index (χ1) is 6.61. The minimum absolute atomic E-state index is 0.470. The van der Waals surface area contributed by atoms with E-state index in [1.165, 1.54) is 12.6 Å². The van der Waals surface area contributed by atoms with Crippen LogP contribution in [0.1, 0.15) is 33.1 Å². The van der Waals surface area contributed by atoms with Gasteiger partial charge in [0.05, 0.1) is 0 Å². The monoisotopic (exact) mass is 198 g/mol. The molecule has 1 saturated heterocycles. The van der Waals surface area contributed by atoms with Gasteiger partial charge in [0, 0.05) is 24.4 Å². The number of hydrogen-bond donors (Lipinski definition) is 2. The van der Waals surface area contributed by atoms with Gasteiger partial charge in [0.2, 0.25) is 0 Å². The summed E-state index contributed by atoms with van der Waals surface area (Å²) in [5.74, 6) is -0.921. The van der Waals surface area contributed by atoms with E-state index in [0.29, 0.717) is 12.1 Å². The van der Waals surface area contributed by atoms with E-state index in [9.17, 15) is 4.79 Å². The van der Waals surface area contributed by atoms with E-state index in [2.05, 4.69) is 24.3 Å². The van der Waals surface area contributed by atoms with Gasteiger partial charge in [0.1, 0.15) is 0 Å². The molecule has 0 bridgehead atoms. The molecule has 2 atom stereocenters. The van der Waals surface area contributed by atoms with E-state index in [-0.39, 0.29) is 0 Å². The van der Waals surface area contributed by atoms with Gasteiger partial charge in [-0.05, 0) is 26.7 Å². The SMILES string of the molecule is CC1CCCC(C)N1N/C=C/C(=O)O. The molecule has 2 N–H and O–H groups in total. The van der Waals surface area contributed by atoms with Crippen LogP contribution in [-0.2, 0) is 4.79 Å². The average Bonchev–Trinajstić information content (AvgIpc) is 2.09. The van der Waals surface area contributed by atoms with E-state index in [0.717, 1.165) is 18.9 Å². The van der Waals surface area contributed by atoms with Crippen LogP contribution in [0.2, 0.25) is 0 Å². The van der Waals surface area contributed by atoms with Crippen molar-refractivity contribution in [1.29, 1.82) is 0 Å². The van der Waals surface area contributed by atoms with Crippen LogP contribution in [-0.4, -0.2) is 28.2 Å². The van der Waals surface area contributed by atoms with Gasteiger partial charge < -0.3 is 10.5 Å². The summed E-state index contributed by atoms with van der Waals surface area (Å²) < 4.78 is 0. The van der Waals surface area contributed by atoms with Crippen molar-refractivity contribution in [2.24, 2.45) is 0 Å². The lowest BCUT2D eigenvalue weighted by Crippen LogP contribution is -2.50. The maximum Gasteiger partial charge on any atom is 0.329 e. The number of aliphatic carboxylic acids is 1. The van der Waals surface area contributed by atoms with Crippen LogP contribution >= 0.6 is 0 Å². The van der Waals surface area contributed by atoms with Gasteiger partial charge in [-0.3, -0.25) is 0 Å². The Morgan fingerprint density at radius 1 is 1.43 bits per heavy atom. The second-order valence-corrected chi connectivity index (χ2v) is 3.84. The summed E-state index contributed by atoms with van der Waals surface area (Å²) in [5.41, 5.74) is 3.02. The summed E-state index contributed by atoms with van der Waals surface area (Å²) in [6, 6.07) is 0.939. The maximum absolute atomic E-state index is 10.3. The molecule has 1 rings (SSSR count). The number of hydrazine groups is 1. The molecule has 0 aromatic carbocycles. The Bertz CT molecular complexity index is 218. The molecule has 1 aliphatic rings. The van der Waals surface area contributed by atoms with E-state index >= 15 is 0 Å². The maximum atomic E-state index is 10.3. The van der Waals surface area contributed by atoms with Gasteiger partial charge in [0.25, 0.3) is 0 Å². The highest BCUT2D eigenvalue weighted by Gasteiger charge is 2.23. The zero-order valence-corrected chi connectivity index (χ0v) is 8.73. The van der Waals surface area contributed by atoms with Crippen molar-refractivity contribution < 1.29 is 9.90 Å². The first-order valence-electron chi connectivity index (χ1n) is 5.05. The van der Waals surface area contributed by atoms with Gasteiger partial charge in [-0.15, -0.1) is 0 Å². The molecular formula is C10H18N2O2. The lowest BCUT2D eigenvalue weighted by Gasteiger charge is -2.38. The lowest BCUT2D eigenvalue weighted by atomic mass is 10.00. The highest BCUT2D eigenvalue weighted by atomic mass is 16.4. The lowest BCUT2D eigenvalue weighted by molar-refractivity contribution is -0.131. The summed E-state index contributed by atoms with van der Waals surface area (Å²) in [7, 11) is 0. The van der Waals surface area contributed by atoms with E-state index in [1.54, 1.807) is 0 Å². The minimum atomic E-state index is -0.921. The van der Waals surface area contributed by atoms with Crippen LogP contribution in [0.3, 0.4) is 0 Å². The minimum Gasteiger partial charge on any atom is -0.478 e. The normalized spacial score (nSPS) is 29.3. The Labute approximate surface area is 84.6 Å². The molecule has 1 fully saturated rings. The quantitative estimate of drug-likeness (QED) is 0.672. The van der Waals surface area contributed by atoms with Crippen LogP contribution < -0.4 is 5.43 Å². The van der Waals surface area contributed by atoms with Gasteiger partial charge in [0.15, 0.2) is 0 Å². The van der Waals surface area contributed by atoms with Gasteiger partial charge in [-0.2, -0.15) is 0 Å². The molecule has 2 unspecified atom stereocenters. The topological polar surface area (TPSA) is 52.6 Å². The van der Waals surface area contributed by atoms with E-state index < -0.39 is 5.97 Å². The number of hydrogen-bond acceptors (Lipinski definition) is 3. The first kappa shape index (κ1) is 11.0. The highest BCUT2D eigenvalue weighted by Crippen LogP contribution is 2.19. The van der Waals surface area contributed by atoms with Crippen molar-refractivity contribution in [3.05, 3.63) is 12.3 Å². The van der Waals surface area contributed by atoms with E-state index in [4.69, 9.17) is 5.11 Å². The van der Waals surface area contributed by atoms with Crippen molar-refractivity contribution in [3.63, 3.8) is 0 Å². The number of rotatable bonds is 3. The summed E-state index contributed by atoms with van der Waals surface area (Å²) in [6.45, 7) is 4.30. The molecule has 1 aliphatic heterocycles. The van der Waals surface area contributed by atoms with Crippen LogP contribution in [0.4, 0.5) is 0 Å². The predicted molar refractivity (Wildman–Crippen MR) is 54.5 cm³/mol. The molecule has 0 amide bonds. The Balaban J connectivity index is 2.44. The smallest absolute Gasteiger partial charge is 0.329 e. The molecule has 4 heteroatoms. The third kappa shape index (κ3) is 3.03. The molecule has 0 aromatic heterocycles. The molecule has 0 aliphatic carbocycles. The fraction of sp³-hybridized carbons (Fsp3) is 0.700. The molecule has 1 heterocycles. The highest BCUT2D eigenvalue weighted by molar-refractivity contribution is 5.79. The summed E-state index contributed by atoms with van der Waals surface area (Å²) in [4.78, 5) is 10.3. The summed E-state index contributed by atoms with van der Waals surface area (Å²) in [6.07, 6.45) is 6.19. The molecule has 0 aromatic rings. The average molecular weight is 198 g/mol. The standard InChI is InChI=1S/C10H18N2O2/c1-8-4-3-5-9(2)12(8)11-7-6-10(13)14/h6-9,11H,3-5H2,1-2H3,(H,13,14)/b7-6+. The Hall–Kier alpha value is -1.03. The Morgan fingerprint density at radius 2 is 2.00 bits per heavy atom. The largest absolute Gasteiger partial charge is 0.478 e. The van der Waals surface area contributed by atoms with Gasteiger partial charge in [-0.25, -0.2) is 9.80 Å². The summed E-state index contributed by atoms with van der Waals surface area (Å²) >= 11 is 0. The third-order valence-corrected chi connectivity index (χ3v) is 2.64. The second-order valence-electron chi connectivity index (χ2n) is 3.84. The van der Waals surface area contributed by atoms with Crippen molar-refractivity contribution >= 4 is 5.97 Å². The number of carboxylic acid groups (broad SMARTS) is 1. The fourth-order valence-electron chi connectivity index (χ4n) is 1.87. The van der Waals surface area contributed by atoms with Crippen molar-refractivity contribution in [1.82, 2.24) is 10.4 Å². The number of nitrogens with one attached hydrogen (secondary N) is 1. The van der Waals surface area contributed by atoms with Crippen LogP contribution in [0.25, 0.3) is 0 Å². The van der Waals surface area contributed by atoms with Gasteiger partial charge >= 0.3 is 5.97 Å². The van der Waals surface area contributed by atoms with Crippen molar-refractivity contribution in [2.75, 3.05) is 0 Å². The molecule has 0 radical (unpaired) electrons. The fourth-order valence-corrected chi connectivity index (χ4v) is 1.87. The molecular weight excluding hydrogens is 180 g/mol. The van der Waals surface area contributed by atoms with Crippen LogP contribution in [0.15, 0.2) is 12.3 Å². The molecule has 4 nitrogen and oxygen atoms in total. The van der Waals surface area contributed by atoms with Gasteiger partial charge in [-0.1, -0.05) is 6.42 Å². The van der Waals surface area contributed by atoms with Crippen LogP contribution in [0, 0.1) is 0 Å². The molecule has 0 spiro atoms. The number of carboxylic acids is 1. The molecule has 0 saturated carbocycles. The zero-order valence-electron chi connectivity index (χ0n) is 8.73. The molecule has 14 heavy (non-hydrogen) atoms. The Kier molecular flexibility index (Phi) is 3.95. The molecule has 80 valence electrons. The number of carbonyl (C=O) groups is 1. The predicted octanol–water partition coefficient (Wildman–Crippen LogP) is 1.35. The number of nitrogens with zero attached hydrogens (tertiary/aromatic N) is 1. The first-order valence-corrected chi connectivity index (χ1v) is 5.05.